The normalized spacial score (nSPS) is 14.1. The molecule has 4 nitrogen and oxygen atoms in total. The number of aromatic nitrogens is 3. The molecule has 0 saturated heterocycles. The summed E-state index contributed by atoms with van der Waals surface area (Å²) in [6, 6.07) is 4.21. The molecule has 0 aliphatic heterocycles. The van der Waals surface area contributed by atoms with Gasteiger partial charge in [0.25, 0.3) is 0 Å². The standard InChI is InChI=1S/C18H17N3O/c1-4-5-13-8-14(16-10(2)21-22-11(16)3)9-15-17(13)20-18(19-15)12-6-7-12/h8-9,12H,6-7H2,1-3H3,(H,19,20). The number of hydrogen-bond acceptors (Lipinski definition) is 3. The molecule has 3 aromatic rings. The maximum atomic E-state index is 5.30. The van der Waals surface area contributed by atoms with Crippen LogP contribution in [0.15, 0.2) is 16.7 Å². The summed E-state index contributed by atoms with van der Waals surface area (Å²) in [5.41, 5.74) is 5.98. The quantitative estimate of drug-likeness (QED) is 0.724. The Kier molecular flexibility index (Phi) is 2.83. The molecule has 0 amide bonds. The molecule has 2 heterocycles. The maximum absolute atomic E-state index is 5.30. The van der Waals surface area contributed by atoms with E-state index in [-0.39, 0.29) is 0 Å². The Balaban J connectivity index is 1.97. The minimum absolute atomic E-state index is 0.595. The first-order valence-electron chi connectivity index (χ1n) is 7.57. The molecular weight excluding hydrogens is 274 g/mol. The second kappa shape index (κ2) is 4.74. The molecular formula is C18H17N3O. The third-order valence-corrected chi connectivity index (χ3v) is 4.15. The number of H-pyrrole nitrogens is 1. The molecule has 0 radical (unpaired) electrons. The topological polar surface area (TPSA) is 54.7 Å². The largest absolute Gasteiger partial charge is 0.361 e. The van der Waals surface area contributed by atoms with E-state index in [0.29, 0.717) is 5.92 Å². The van der Waals surface area contributed by atoms with Gasteiger partial charge in [0.1, 0.15) is 17.1 Å². The van der Waals surface area contributed by atoms with Crippen molar-refractivity contribution in [3.8, 4) is 23.0 Å². The van der Waals surface area contributed by atoms with Crippen molar-refractivity contribution in [2.45, 2.75) is 39.5 Å². The summed E-state index contributed by atoms with van der Waals surface area (Å²) >= 11 is 0. The van der Waals surface area contributed by atoms with Gasteiger partial charge in [0.15, 0.2) is 0 Å². The van der Waals surface area contributed by atoms with E-state index in [4.69, 9.17) is 9.51 Å². The van der Waals surface area contributed by atoms with Crippen LogP contribution in [-0.4, -0.2) is 15.1 Å². The number of aromatic amines is 1. The fourth-order valence-corrected chi connectivity index (χ4v) is 2.96. The van der Waals surface area contributed by atoms with E-state index < -0.39 is 0 Å². The SMILES string of the molecule is CC#Cc1cc(-c2c(C)noc2C)cc2[nH]c(C3CC3)nc12. The zero-order chi connectivity index (χ0) is 15.3. The molecule has 4 heteroatoms. The lowest BCUT2D eigenvalue weighted by molar-refractivity contribution is 0.393. The number of imidazole rings is 1. The molecule has 22 heavy (non-hydrogen) atoms. The van der Waals surface area contributed by atoms with Gasteiger partial charge < -0.3 is 9.51 Å². The Labute approximate surface area is 128 Å². The molecule has 0 spiro atoms. The second-order valence-corrected chi connectivity index (χ2v) is 5.89. The molecule has 1 aliphatic carbocycles. The van der Waals surface area contributed by atoms with Crippen LogP contribution in [0.25, 0.3) is 22.2 Å². The fourth-order valence-electron chi connectivity index (χ4n) is 2.96. The molecule has 0 bridgehead atoms. The van der Waals surface area contributed by atoms with Gasteiger partial charge in [-0.15, -0.1) is 5.92 Å². The summed E-state index contributed by atoms with van der Waals surface area (Å²) in [7, 11) is 0. The van der Waals surface area contributed by atoms with Crippen molar-refractivity contribution in [3.63, 3.8) is 0 Å². The van der Waals surface area contributed by atoms with Gasteiger partial charge in [-0.2, -0.15) is 0 Å². The highest BCUT2D eigenvalue weighted by Gasteiger charge is 2.27. The number of nitrogens with one attached hydrogen (secondary N) is 1. The maximum Gasteiger partial charge on any atom is 0.141 e. The Morgan fingerprint density at radius 2 is 2.09 bits per heavy atom. The van der Waals surface area contributed by atoms with Crippen LogP contribution in [0.5, 0.6) is 0 Å². The van der Waals surface area contributed by atoms with Gasteiger partial charge in [-0.3, -0.25) is 0 Å². The Morgan fingerprint density at radius 3 is 2.73 bits per heavy atom. The van der Waals surface area contributed by atoms with Crippen molar-refractivity contribution in [1.82, 2.24) is 15.1 Å². The summed E-state index contributed by atoms with van der Waals surface area (Å²) in [5, 5.41) is 4.05. The minimum Gasteiger partial charge on any atom is -0.361 e. The summed E-state index contributed by atoms with van der Waals surface area (Å²) in [5.74, 6) is 8.68. The van der Waals surface area contributed by atoms with Gasteiger partial charge in [0.05, 0.1) is 16.8 Å². The van der Waals surface area contributed by atoms with Crippen molar-refractivity contribution in [2.24, 2.45) is 0 Å². The third kappa shape index (κ3) is 2.01. The fraction of sp³-hybridized carbons (Fsp3) is 0.333. The van der Waals surface area contributed by atoms with Crippen LogP contribution in [0.2, 0.25) is 0 Å². The van der Waals surface area contributed by atoms with Crippen LogP contribution in [0.4, 0.5) is 0 Å². The second-order valence-electron chi connectivity index (χ2n) is 5.89. The first-order chi connectivity index (χ1) is 10.7. The lowest BCUT2D eigenvalue weighted by Crippen LogP contribution is -1.86. The molecule has 2 aromatic heterocycles. The number of benzene rings is 1. The van der Waals surface area contributed by atoms with Gasteiger partial charge >= 0.3 is 0 Å². The molecule has 1 saturated carbocycles. The molecule has 4 rings (SSSR count). The van der Waals surface area contributed by atoms with Crippen molar-refractivity contribution in [1.29, 1.82) is 0 Å². The van der Waals surface area contributed by atoms with Gasteiger partial charge in [0, 0.05) is 11.5 Å². The molecule has 0 unspecified atom stereocenters. The van der Waals surface area contributed by atoms with Crippen LogP contribution in [0, 0.1) is 25.7 Å². The minimum atomic E-state index is 0.595. The van der Waals surface area contributed by atoms with Gasteiger partial charge in [-0.1, -0.05) is 11.1 Å². The summed E-state index contributed by atoms with van der Waals surface area (Å²) in [6.45, 7) is 5.75. The molecule has 1 fully saturated rings. The third-order valence-electron chi connectivity index (χ3n) is 4.15. The average Bonchev–Trinajstić information content (AvgIpc) is 3.17. The first kappa shape index (κ1) is 13.1. The van der Waals surface area contributed by atoms with E-state index in [1.54, 1.807) is 0 Å². The number of nitrogens with zero attached hydrogens (tertiary/aromatic N) is 2. The van der Waals surface area contributed by atoms with Gasteiger partial charge in [-0.25, -0.2) is 4.98 Å². The average molecular weight is 291 g/mol. The van der Waals surface area contributed by atoms with E-state index in [9.17, 15) is 0 Å². The van der Waals surface area contributed by atoms with Crippen molar-refractivity contribution in [2.75, 3.05) is 0 Å². The lowest BCUT2D eigenvalue weighted by atomic mass is 10.0. The Morgan fingerprint density at radius 1 is 1.27 bits per heavy atom. The molecule has 1 aromatic carbocycles. The zero-order valence-electron chi connectivity index (χ0n) is 12.9. The van der Waals surface area contributed by atoms with Crippen molar-refractivity contribution < 1.29 is 4.52 Å². The number of rotatable bonds is 2. The molecule has 110 valence electrons. The van der Waals surface area contributed by atoms with E-state index in [2.05, 4.69) is 34.1 Å². The highest BCUT2D eigenvalue weighted by Crippen LogP contribution is 2.40. The Hall–Kier alpha value is -2.54. The zero-order valence-corrected chi connectivity index (χ0v) is 12.9. The molecule has 1 aliphatic rings. The number of hydrogen-bond donors (Lipinski definition) is 1. The van der Waals surface area contributed by atoms with Crippen LogP contribution in [0.1, 0.15) is 48.5 Å². The molecule has 1 N–H and O–H groups in total. The van der Waals surface area contributed by atoms with Crippen LogP contribution < -0.4 is 0 Å². The van der Waals surface area contributed by atoms with Gasteiger partial charge in [-0.05, 0) is 51.3 Å². The van der Waals surface area contributed by atoms with Crippen LogP contribution in [-0.2, 0) is 0 Å². The summed E-state index contributed by atoms with van der Waals surface area (Å²) in [4.78, 5) is 8.23. The van der Waals surface area contributed by atoms with Crippen molar-refractivity contribution in [3.05, 3.63) is 35.0 Å². The number of fused-ring (bicyclic) bond motifs is 1. The summed E-state index contributed by atoms with van der Waals surface area (Å²) < 4.78 is 5.30. The summed E-state index contributed by atoms with van der Waals surface area (Å²) in [6.07, 6.45) is 2.46. The predicted octanol–water partition coefficient (Wildman–Crippen LogP) is 4.08. The van der Waals surface area contributed by atoms with Crippen molar-refractivity contribution >= 4 is 11.0 Å². The smallest absolute Gasteiger partial charge is 0.141 e. The highest BCUT2D eigenvalue weighted by molar-refractivity contribution is 5.88. The van der Waals surface area contributed by atoms with Crippen LogP contribution in [0.3, 0.4) is 0 Å². The van der Waals surface area contributed by atoms with E-state index in [1.807, 2.05) is 20.8 Å². The lowest BCUT2D eigenvalue weighted by Gasteiger charge is -2.02. The van der Waals surface area contributed by atoms with E-state index in [1.165, 1.54) is 12.8 Å². The van der Waals surface area contributed by atoms with Gasteiger partial charge in [0.2, 0.25) is 0 Å². The monoisotopic (exact) mass is 291 g/mol. The molecule has 0 atom stereocenters. The van der Waals surface area contributed by atoms with E-state index >= 15 is 0 Å². The van der Waals surface area contributed by atoms with Crippen LogP contribution >= 0.6 is 0 Å². The number of aryl methyl sites for hydroxylation is 2. The highest BCUT2D eigenvalue weighted by atomic mass is 16.5. The predicted molar refractivity (Wildman–Crippen MR) is 85.6 cm³/mol. The van der Waals surface area contributed by atoms with E-state index in [0.717, 1.165) is 45.0 Å². The Bertz CT molecular complexity index is 913. The first-order valence-corrected chi connectivity index (χ1v) is 7.57.